The van der Waals surface area contributed by atoms with Crippen LogP contribution in [0.25, 0.3) is 0 Å². The summed E-state index contributed by atoms with van der Waals surface area (Å²) in [7, 11) is 0. The van der Waals surface area contributed by atoms with Gasteiger partial charge in [-0.1, -0.05) is 20.8 Å². The maximum absolute atomic E-state index is 9.40. The van der Waals surface area contributed by atoms with Crippen LogP contribution in [0.3, 0.4) is 0 Å². The van der Waals surface area contributed by atoms with E-state index in [9.17, 15) is 5.11 Å². The normalized spacial score (nSPS) is 16.7. The van der Waals surface area contributed by atoms with Crippen LogP contribution >= 0.6 is 0 Å². The molecular weight excluding hydrogens is 123 g/mol. The van der Waals surface area contributed by atoms with Crippen molar-refractivity contribution in [3.8, 4) is 0 Å². The molecule has 0 bridgehead atoms. The molecule has 0 aromatic carbocycles. The second kappa shape index (κ2) is 4.73. The Balaban J connectivity index is 0. The molecule has 0 radical (unpaired) electrons. The van der Waals surface area contributed by atoms with Crippen molar-refractivity contribution in [2.75, 3.05) is 0 Å². The van der Waals surface area contributed by atoms with Crippen molar-refractivity contribution >= 4 is 29.6 Å². The Bertz CT molecular complexity index is 69.3. The first-order valence-electron chi connectivity index (χ1n) is 3.23. The van der Waals surface area contributed by atoms with E-state index in [0.29, 0.717) is 5.92 Å². The minimum atomic E-state index is -0.458. The van der Waals surface area contributed by atoms with Gasteiger partial charge in [0, 0.05) is 0 Å². The first-order chi connectivity index (χ1) is 3.50. The molecule has 0 aliphatic rings. The molecule has 0 fully saturated rings. The standard InChI is InChI=1S/C7H16O.Na.H/c1-5-7(4,8)6(2)3;;/h6,8H,5H2,1-4H3;;. The van der Waals surface area contributed by atoms with Crippen LogP contribution in [0.15, 0.2) is 0 Å². The van der Waals surface area contributed by atoms with Crippen LogP contribution in [-0.2, 0) is 0 Å². The molecule has 52 valence electrons. The fourth-order valence-corrected chi connectivity index (χ4v) is 0.408. The van der Waals surface area contributed by atoms with Crippen molar-refractivity contribution in [3.05, 3.63) is 0 Å². The van der Waals surface area contributed by atoms with Gasteiger partial charge < -0.3 is 5.11 Å². The first-order valence-corrected chi connectivity index (χ1v) is 3.23. The van der Waals surface area contributed by atoms with Gasteiger partial charge in [-0.25, -0.2) is 0 Å². The van der Waals surface area contributed by atoms with Crippen molar-refractivity contribution < 1.29 is 5.11 Å². The molecular formula is C7H17NaO. The molecule has 9 heavy (non-hydrogen) atoms. The Labute approximate surface area is 80.1 Å². The van der Waals surface area contributed by atoms with Crippen LogP contribution in [0.2, 0.25) is 0 Å². The summed E-state index contributed by atoms with van der Waals surface area (Å²) in [4.78, 5) is 0. The minimum absolute atomic E-state index is 0. The van der Waals surface area contributed by atoms with Gasteiger partial charge in [-0.3, -0.25) is 0 Å². The molecule has 1 N–H and O–H groups in total. The van der Waals surface area contributed by atoms with Gasteiger partial charge in [-0.2, -0.15) is 0 Å². The fraction of sp³-hybridized carbons (Fsp3) is 1.00. The van der Waals surface area contributed by atoms with Crippen molar-refractivity contribution in [2.45, 2.75) is 39.7 Å². The monoisotopic (exact) mass is 140 g/mol. The average Bonchev–Trinajstić information content (AvgIpc) is 1.67. The van der Waals surface area contributed by atoms with E-state index in [1.54, 1.807) is 0 Å². The summed E-state index contributed by atoms with van der Waals surface area (Å²) >= 11 is 0. The van der Waals surface area contributed by atoms with Crippen LogP contribution in [-0.4, -0.2) is 40.3 Å². The molecule has 0 rings (SSSR count). The number of aliphatic hydroxyl groups is 1. The van der Waals surface area contributed by atoms with E-state index < -0.39 is 5.60 Å². The van der Waals surface area contributed by atoms with Gasteiger partial charge in [0.15, 0.2) is 0 Å². The molecule has 0 aromatic rings. The van der Waals surface area contributed by atoms with Crippen molar-refractivity contribution in [1.82, 2.24) is 0 Å². The Hall–Kier alpha value is 0.960. The molecule has 0 aliphatic heterocycles. The Morgan fingerprint density at radius 3 is 1.78 bits per heavy atom. The van der Waals surface area contributed by atoms with E-state index in [2.05, 4.69) is 0 Å². The average molecular weight is 140 g/mol. The maximum atomic E-state index is 9.40. The third kappa shape index (κ3) is 4.38. The molecule has 0 amide bonds. The predicted octanol–water partition coefficient (Wildman–Crippen LogP) is 1.15. The summed E-state index contributed by atoms with van der Waals surface area (Å²) < 4.78 is 0. The quantitative estimate of drug-likeness (QED) is 0.570. The fourth-order valence-electron chi connectivity index (χ4n) is 0.408. The molecule has 0 aromatic heterocycles. The summed E-state index contributed by atoms with van der Waals surface area (Å²) in [5, 5.41) is 9.40. The van der Waals surface area contributed by atoms with Gasteiger partial charge >= 0.3 is 29.6 Å². The summed E-state index contributed by atoms with van der Waals surface area (Å²) in [5.41, 5.74) is -0.458. The number of hydrogen-bond acceptors (Lipinski definition) is 1. The third-order valence-electron chi connectivity index (χ3n) is 1.96. The molecule has 0 aliphatic carbocycles. The van der Waals surface area contributed by atoms with Crippen LogP contribution < -0.4 is 0 Å². The first kappa shape index (κ1) is 12.6. The van der Waals surface area contributed by atoms with E-state index in [-0.39, 0.29) is 29.6 Å². The van der Waals surface area contributed by atoms with Crippen molar-refractivity contribution in [2.24, 2.45) is 5.92 Å². The van der Waals surface area contributed by atoms with E-state index in [1.807, 2.05) is 27.7 Å². The topological polar surface area (TPSA) is 20.2 Å². The van der Waals surface area contributed by atoms with Gasteiger partial charge in [-0.05, 0) is 19.3 Å². The molecule has 1 atom stereocenters. The summed E-state index contributed by atoms with van der Waals surface area (Å²) in [6.07, 6.45) is 0.838. The molecule has 0 saturated carbocycles. The number of hydrogen-bond donors (Lipinski definition) is 1. The zero-order chi connectivity index (χ0) is 6.78. The van der Waals surface area contributed by atoms with Crippen LogP contribution in [0.5, 0.6) is 0 Å². The van der Waals surface area contributed by atoms with Gasteiger partial charge in [0.25, 0.3) is 0 Å². The zero-order valence-electron chi connectivity index (χ0n) is 6.23. The molecule has 0 heterocycles. The Morgan fingerprint density at radius 2 is 1.78 bits per heavy atom. The number of rotatable bonds is 2. The summed E-state index contributed by atoms with van der Waals surface area (Å²) in [6, 6.07) is 0. The molecule has 0 saturated heterocycles. The van der Waals surface area contributed by atoms with Gasteiger partial charge in [-0.15, -0.1) is 0 Å². The second-order valence-electron chi connectivity index (χ2n) is 2.87. The SMILES string of the molecule is CCC(C)(O)C(C)C.[NaH]. The van der Waals surface area contributed by atoms with Crippen LogP contribution in [0, 0.1) is 5.92 Å². The Morgan fingerprint density at radius 1 is 1.44 bits per heavy atom. The zero-order valence-corrected chi connectivity index (χ0v) is 6.23. The van der Waals surface area contributed by atoms with Crippen LogP contribution in [0.1, 0.15) is 34.1 Å². The van der Waals surface area contributed by atoms with Crippen molar-refractivity contribution in [3.63, 3.8) is 0 Å². The van der Waals surface area contributed by atoms with E-state index in [4.69, 9.17) is 0 Å². The second-order valence-corrected chi connectivity index (χ2v) is 2.87. The third-order valence-corrected chi connectivity index (χ3v) is 1.96. The van der Waals surface area contributed by atoms with E-state index >= 15 is 0 Å². The van der Waals surface area contributed by atoms with Gasteiger partial charge in [0.1, 0.15) is 0 Å². The van der Waals surface area contributed by atoms with E-state index in [1.165, 1.54) is 0 Å². The molecule has 0 spiro atoms. The van der Waals surface area contributed by atoms with Gasteiger partial charge in [0.2, 0.25) is 0 Å². The Kier molecular flexibility index (Phi) is 6.63. The molecule has 2 heteroatoms. The van der Waals surface area contributed by atoms with E-state index in [0.717, 1.165) is 6.42 Å². The van der Waals surface area contributed by atoms with Crippen molar-refractivity contribution in [1.29, 1.82) is 0 Å². The predicted molar refractivity (Wildman–Crippen MR) is 42.9 cm³/mol. The summed E-state index contributed by atoms with van der Waals surface area (Å²) in [6.45, 7) is 7.94. The summed E-state index contributed by atoms with van der Waals surface area (Å²) in [5.74, 6) is 0.368. The molecule has 1 nitrogen and oxygen atoms in total. The molecule has 1 unspecified atom stereocenters. The van der Waals surface area contributed by atoms with Crippen LogP contribution in [0.4, 0.5) is 0 Å². The van der Waals surface area contributed by atoms with Gasteiger partial charge in [0.05, 0.1) is 5.60 Å².